The van der Waals surface area contributed by atoms with E-state index in [-0.39, 0.29) is 18.5 Å². The molecule has 0 aromatic heterocycles. The Morgan fingerprint density at radius 1 is 1.03 bits per heavy atom. The number of aryl methyl sites for hydroxylation is 1. The van der Waals surface area contributed by atoms with Crippen LogP contribution in [0.4, 0.5) is 5.69 Å². The molecule has 0 saturated heterocycles. The number of amides is 2. The molecular weight excluding hydrogens is 474 g/mol. The van der Waals surface area contributed by atoms with Gasteiger partial charge in [0, 0.05) is 17.6 Å². The molecule has 186 valence electrons. The Balaban J connectivity index is 2.47. The number of para-hydroxylation sites is 1. The lowest BCUT2D eigenvalue weighted by molar-refractivity contribution is -0.140. The molecule has 0 aliphatic rings. The molecular formula is C25H34ClN3O4S. The van der Waals surface area contributed by atoms with Gasteiger partial charge in [-0.25, -0.2) is 8.42 Å². The van der Waals surface area contributed by atoms with Gasteiger partial charge in [0.2, 0.25) is 21.8 Å². The molecule has 7 nitrogen and oxygen atoms in total. The predicted octanol–water partition coefficient (Wildman–Crippen LogP) is 4.00. The predicted molar refractivity (Wildman–Crippen MR) is 137 cm³/mol. The van der Waals surface area contributed by atoms with Gasteiger partial charge >= 0.3 is 0 Å². The molecule has 34 heavy (non-hydrogen) atoms. The highest BCUT2D eigenvalue weighted by atomic mass is 35.5. The molecule has 2 aromatic carbocycles. The van der Waals surface area contributed by atoms with Gasteiger partial charge in [0.1, 0.15) is 12.6 Å². The lowest BCUT2D eigenvalue weighted by Crippen LogP contribution is -2.53. The maximum absolute atomic E-state index is 13.6. The molecule has 0 fully saturated rings. The Hall–Kier alpha value is -2.58. The zero-order valence-corrected chi connectivity index (χ0v) is 22.0. The van der Waals surface area contributed by atoms with Crippen LogP contribution in [-0.4, -0.2) is 50.0 Å². The van der Waals surface area contributed by atoms with Crippen molar-refractivity contribution in [2.24, 2.45) is 0 Å². The first-order chi connectivity index (χ1) is 16.0. The second kappa shape index (κ2) is 12.2. The average Bonchev–Trinajstić information content (AvgIpc) is 2.77. The SMILES string of the molecule is CCc1ccccc1N(CC(=O)N(Cc1ccc(Cl)cc1)C(CC)C(=O)NC(C)C)S(C)(=O)=O. The number of sulfonamides is 1. The summed E-state index contributed by atoms with van der Waals surface area (Å²) in [6.45, 7) is 7.19. The Morgan fingerprint density at radius 3 is 2.18 bits per heavy atom. The van der Waals surface area contributed by atoms with Gasteiger partial charge in [-0.2, -0.15) is 0 Å². The van der Waals surface area contributed by atoms with Crippen LogP contribution in [0.5, 0.6) is 0 Å². The van der Waals surface area contributed by atoms with Crippen molar-refractivity contribution in [3.05, 3.63) is 64.7 Å². The Kier molecular flexibility index (Phi) is 9.94. The quantitative estimate of drug-likeness (QED) is 0.498. The number of carbonyl (C=O) groups excluding carboxylic acids is 2. The smallest absolute Gasteiger partial charge is 0.244 e. The van der Waals surface area contributed by atoms with Gasteiger partial charge in [-0.05, 0) is 56.0 Å². The highest BCUT2D eigenvalue weighted by molar-refractivity contribution is 7.92. The molecule has 0 heterocycles. The first kappa shape index (κ1) is 27.7. The van der Waals surface area contributed by atoms with Crippen molar-refractivity contribution in [1.82, 2.24) is 10.2 Å². The van der Waals surface area contributed by atoms with Gasteiger partial charge < -0.3 is 10.2 Å². The lowest BCUT2D eigenvalue weighted by Gasteiger charge is -2.33. The average molecular weight is 508 g/mol. The van der Waals surface area contributed by atoms with E-state index in [2.05, 4.69) is 5.32 Å². The first-order valence-electron chi connectivity index (χ1n) is 11.4. The van der Waals surface area contributed by atoms with Crippen molar-refractivity contribution in [2.45, 2.75) is 59.2 Å². The van der Waals surface area contributed by atoms with Gasteiger partial charge in [0.25, 0.3) is 0 Å². The van der Waals surface area contributed by atoms with Crippen molar-refractivity contribution in [3.8, 4) is 0 Å². The lowest BCUT2D eigenvalue weighted by atomic mass is 10.1. The molecule has 1 unspecified atom stereocenters. The van der Waals surface area contributed by atoms with Crippen molar-refractivity contribution in [3.63, 3.8) is 0 Å². The molecule has 2 aromatic rings. The minimum Gasteiger partial charge on any atom is -0.352 e. The van der Waals surface area contributed by atoms with Crippen LogP contribution in [0.3, 0.4) is 0 Å². The van der Waals surface area contributed by atoms with E-state index in [4.69, 9.17) is 11.6 Å². The molecule has 0 aliphatic carbocycles. The summed E-state index contributed by atoms with van der Waals surface area (Å²) in [6, 6.07) is 13.3. The molecule has 2 rings (SSSR count). The largest absolute Gasteiger partial charge is 0.352 e. The van der Waals surface area contributed by atoms with Crippen molar-refractivity contribution < 1.29 is 18.0 Å². The van der Waals surface area contributed by atoms with Crippen LogP contribution in [0.2, 0.25) is 5.02 Å². The van der Waals surface area contributed by atoms with E-state index in [1.165, 1.54) is 4.90 Å². The summed E-state index contributed by atoms with van der Waals surface area (Å²) in [6.07, 6.45) is 2.07. The molecule has 2 amide bonds. The maximum atomic E-state index is 13.6. The monoisotopic (exact) mass is 507 g/mol. The first-order valence-corrected chi connectivity index (χ1v) is 13.6. The van der Waals surface area contributed by atoms with Crippen molar-refractivity contribution in [1.29, 1.82) is 0 Å². The summed E-state index contributed by atoms with van der Waals surface area (Å²) in [5, 5.41) is 3.43. The van der Waals surface area contributed by atoms with Crippen LogP contribution in [0.25, 0.3) is 0 Å². The Morgan fingerprint density at radius 2 is 1.65 bits per heavy atom. The van der Waals surface area contributed by atoms with E-state index in [1.54, 1.807) is 36.4 Å². The highest BCUT2D eigenvalue weighted by Crippen LogP contribution is 2.24. The fourth-order valence-electron chi connectivity index (χ4n) is 3.73. The van der Waals surface area contributed by atoms with Crippen molar-refractivity contribution >= 4 is 39.1 Å². The fourth-order valence-corrected chi connectivity index (χ4v) is 4.74. The van der Waals surface area contributed by atoms with Gasteiger partial charge in [-0.1, -0.05) is 55.8 Å². The van der Waals surface area contributed by atoms with Gasteiger partial charge in [0.05, 0.1) is 11.9 Å². The molecule has 1 N–H and O–H groups in total. The van der Waals surface area contributed by atoms with E-state index >= 15 is 0 Å². The third kappa shape index (κ3) is 7.46. The number of hydrogen-bond acceptors (Lipinski definition) is 4. The third-order valence-electron chi connectivity index (χ3n) is 5.40. The summed E-state index contributed by atoms with van der Waals surface area (Å²) in [7, 11) is -3.76. The van der Waals surface area contributed by atoms with E-state index in [0.717, 1.165) is 21.7 Å². The molecule has 1 atom stereocenters. The van der Waals surface area contributed by atoms with Crippen LogP contribution in [-0.2, 0) is 32.6 Å². The minimum absolute atomic E-state index is 0.0991. The summed E-state index contributed by atoms with van der Waals surface area (Å²) < 4.78 is 26.6. The zero-order valence-electron chi connectivity index (χ0n) is 20.4. The second-order valence-electron chi connectivity index (χ2n) is 8.49. The fraction of sp³-hybridized carbons (Fsp3) is 0.440. The summed E-state index contributed by atoms with van der Waals surface area (Å²) in [5.74, 6) is -0.739. The van der Waals surface area contributed by atoms with E-state index < -0.39 is 28.5 Å². The van der Waals surface area contributed by atoms with E-state index in [1.807, 2.05) is 39.8 Å². The number of nitrogens with one attached hydrogen (secondary N) is 1. The Labute approximate surface area is 208 Å². The topological polar surface area (TPSA) is 86.8 Å². The molecule has 0 bridgehead atoms. The van der Waals surface area contributed by atoms with Crippen LogP contribution in [0.15, 0.2) is 48.5 Å². The standard InChI is InChI=1S/C25H34ClN3O4S/c1-6-20-10-8-9-11-23(20)29(34(5,32)33)17-24(30)28(16-19-12-14-21(26)15-13-19)22(7-2)25(31)27-18(3)4/h8-15,18,22H,6-7,16-17H2,1-5H3,(H,27,31). The Bertz CT molecular complexity index is 1090. The van der Waals surface area contributed by atoms with Crippen molar-refractivity contribution in [2.75, 3.05) is 17.1 Å². The van der Waals surface area contributed by atoms with Crippen LogP contribution >= 0.6 is 11.6 Å². The van der Waals surface area contributed by atoms with Crippen LogP contribution in [0.1, 0.15) is 45.2 Å². The number of rotatable bonds is 11. The van der Waals surface area contributed by atoms with Gasteiger partial charge in [0.15, 0.2) is 0 Å². The van der Waals surface area contributed by atoms with Crippen LogP contribution < -0.4 is 9.62 Å². The third-order valence-corrected chi connectivity index (χ3v) is 6.78. The summed E-state index contributed by atoms with van der Waals surface area (Å²) >= 11 is 6.01. The molecule has 0 saturated carbocycles. The molecule has 0 aliphatic heterocycles. The molecule has 0 radical (unpaired) electrons. The second-order valence-corrected chi connectivity index (χ2v) is 10.8. The summed E-state index contributed by atoms with van der Waals surface area (Å²) in [4.78, 5) is 28.1. The molecule has 0 spiro atoms. The maximum Gasteiger partial charge on any atom is 0.244 e. The number of nitrogens with zero attached hydrogens (tertiary/aromatic N) is 2. The number of anilines is 1. The van der Waals surface area contributed by atoms with E-state index in [9.17, 15) is 18.0 Å². The van der Waals surface area contributed by atoms with Gasteiger partial charge in [-0.3, -0.25) is 13.9 Å². The van der Waals surface area contributed by atoms with E-state index in [0.29, 0.717) is 23.6 Å². The highest BCUT2D eigenvalue weighted by Gasteiger charge is 2.32. The summed E-state index contributed by atoms with van der Waals surface area (Å²) in [5.41, 5.74) is 2.06. The van der Waals surface area contributed by atoms with Gasteiger partial charge in [-0.15, -0.1) is 0 Å². The number of halogens is 1. The number of carbonyl (C=O) groups is 2. The minimum atomic E-state index is -3.76. The molecule has 9 heteroatoms. The zero-order chi connectivity index (χ0) is 25.5. The number of benzene rings is 2. The van der Waals surface area contributed by atoms with Crippen LogP contribution in [0, 0.1) is 0 Å². The number of hydrogen-bond donors (Lipinski definition) is 1. The normalized spacial score (nSPS) is 12.3.